The Morgan fingerprint density at radius 2 is 1.80 bits per heavy atom. The van der Waals surface area contributed by atoms with E-state index in [-0.39, 0.29) is 6.10 Å². The minimum Gasteiger partial charge on any atom is -0.494 e. The molecule has 1 unspecified atom stereocenters. The molecule has 35 heavy (non-hydrogen) atoms. The van der Waals surface area contributed by atoms with Gasteiger partial charge in [-0.2, -0.15) is 0 Å². The number of thiazole rings is 1. The van der Waals surface area contributed by atoms with Gasteiger partial charge in [-0.05, 0) is 56.5 Å². The van der Waals surface area contributed by atoms with Gasteiger partial charge in [-0.25, -0.2) is 4.98 Å². The molecule has 0 fully saturated rings. The van der Waals surface area contributed by atoms with E-state index in [1.807, 2.05) is 42.7 Å². The molecule has 4 rings (SSSR count). The number of aryl methyl sites for hydroxylation is 3. The van der Waals surface area contributed by atoms with Crippen molar-refractivity contribution in [3.63, 3.8) is 0 Å². The third-order valence-electron chi connectivity index (χ3n) is 5.42. The molecule has 1 aromatic carbocycles. The predicted molar refractivity (Wildman–Crippen MR) is 140 cm³/mol. The standard InChI is InChI=1S/C24H28N6O3S2/c1-14-10-17(12-25-11-14)22-27-28-24(30(22)21-18(31-4)8-7-9-19(21)32-5)29-34-13-20(33-6)23-26-15(2)16(3)35-23/h7-12,20H,13H2,1-6H3,(H,28,29). The smallest absolute Gasteiger partial charge is 0.239 e. The molecule has 0 spiro atoms. The van der Waals surface area contributed by atoms with Gasteiger partial charge in [0.15, 0.2) is 5.82 Å². The van der Waals surface area contributed by atoms with E-state index in [2.05, 4.69) is 31.8 Å². The molecule has 184 valence electrons. The molecule has 11 heteroatoms. The molecule has 0 amide bonds. The number of para-hydroxylation sites is 1. The molecule has 1 N–H and O–H groups in total. The Labute approximate surface area is 213 Å². The van der Waals surface area contributed by atoms with Crippen molar-refractivity contribution in [2.45, 2.75) is 26.9 Å². The number of hydrogen-bond donors (Lipinski definition) is 1. The van der Waals surface area contributed by atoms with Crippen molar-refractivity contribution in [3.05, 3.63) is 57.8 Å². The first-order valence-corrected chi connectivity index (χ1v) is 12.7. The first kappa shape index (κ1) is 25.0. The second-order valence-corrected chi connectivity index (χ2v) is 9.84. The summed E-state index contributed by atoms with van der Waals surface area (Å²) < 4.78 is 22.3. The highest BCUT2D eigenvalue weighted by Crippen LogP contribution is 2.38. The maximum absolute atomic E-state index is 5.71. The molecule has 3 aromatic heterocycles. The van der Waals surface area contributed by atoms with Crippen LogP contribution in [0.4, 0.5) is 5.95 Å². The molecule has 0 radical (unpaired) electrons. The van der Waals surface area contributed by atoms with Crippen LogP contribution in [-0.2, 0) is 4.74 Å². The Morgan fingerprint density at radius 3 is 2.40 bits per heavy atom. The predicted octanol–water partition coefficient (Wildman–Crippen LogP) is 5.18. The minimum atomic E-state index is -0.150. The van der Waals surface area contributed by atoms with Gasteiger partial charge in [-0.1, -0.05) is 6.07 Å². The number of methoxy groups -OCH3 is 3. The summed E-state index contributed by atoms with van der Waals surface area (Å²) in [7, 11) is 4.95. The molecule has 0 aliphatic rings. The molecule has 0 saturated carbocycles. The van der Waals surface area contributed by atoms with Gasteiger partial charge in [0.25, 0.3) is 0 Å². The molecule has 4 aromatic rings. The average Bonchev–Trinajstić information content (AvgIpc) is 3.43. The molecule has 9 nitrogen and oxygen atoms in total. The topological polar surface area (TPSA) is 96.2 Å². The zero-order chi connectivity index (χ0) is 24.9. The number of anilines is 1. The average molecular weight is 513 g/mol. The number of aromatic nitrogens is 5. The van der Waals surface area contributed by atoms with Gasteiger partial charge in [-0.3, -0.25) is 14.3 Å². The lowest BCUT2D eigenvalue weighted by atomic mass is 10.2. The summed E-state index contributed by atoms with van der Waals surface area (Å²) >= 11 is 3.12. The fraction of sp³-hybridized carbons (Fsp3) is 0.333. The fourth-order valence-electron chi connectivity index (χ4n) is 3.54. The van der Waals surface area contributed by atoms with Crippen molar-refractivity contribution in [3.8, 4) is 28.6 Å². The van der Waals surface area contributed by atoms with Gasteiger partial charge in [0.2, 0.25) is 5.95 Å². The second kappa shape index (κ2) is 11.1. The summed E-state index contributed by atoms with van der Waals surface area (Å²) in [6, 6.07) is 7.64. The highest BCUT2D eigenvalue weighted by molar-refractivity contribution is 8.00. The lowest BCUT2D eigenvalue weighted by Gasteiger charge is -2.18. The van der Waals surface area contributed by atoms with Crippen molar-refractivity contribution < 1.29 is 14.2 Å². The van der Waals surface area contributed by atoms with Crippen molar-refractivity contribution in [2.24, 2.45) is 0 Å². The van der Waals surface area contributed by atoms with Crippen molar-refractivity contribution >= 4 is 29.2 Å². The number of pyridine rings is 1. The van der Waals surface area contributed by atoms with Crippen molar-refractivity contribution in [1.82, 2.24) is 24.7 Å². The van der Waals surface area contributed by atoms with Crippen LogP contribution in [0.15, 0.2) is 36.7 Å². The summed E-state index contributed by atoms with van der Waals surface area (Å²) in [6.07, 6.45) is 3.42. The van der Waals surface area contributed by atoms with Gasteiger partial charge >= 0.3 is 0 Å². The number of hydrogen-bond acceptors (Lipinski definition) is 10. The first-order valence-electron chi connectivity index (χ1n) is 10.9. The lowest BCUT2D eigenvalue weighted by molar-refractivity contribution is 0.123. The van der Waals surface area contributed by atoms with E-state index in [9.17, 15) is 0 Å². The first-order chi connectivity index (χ1) is 17.0. The van der Waals surface area contributed by atoms with E-state index in [0.29, 0.717) is 34.7 Å². The lowest BCUT2D eigenvalue weighted by Crippen LogP contribution is -2.09. The SMILES string of the molecule is COc1cccc(OC)c1-n1c(NSCC(OC)c2nc(C)c(C)s2)nnc1-c1cncc(C)c1. The Balaban J connectivity index is 1.70. The molecule has 0 aliphatic heterocycles. The zero-order valence-electron chi connectivity index (χ0n) is 20.5. The summed E-state index contributed by atoms with van der Waals surface area (Å²) in [6.45, 7) is 6.07. The Hall–Kier alpha value is -3.15. The van der Waals surface area contributed by atoms with Crippen LogP contribution in [0.25, 0.3) is 17.1 Å². The maximum atomic E-state index is 5.71. The maximum Gasteiger partial charge on any atom is 0.239 e. The van der Waals surface area contributed by atoms with Crippen LogP contribution in [0.3, 0.4) is 0 Å². The van der Waals surface area contributed by atoms with E-state index in [1.54, 1.807) is 45.1 Å². The highest BCUT2D eigenvalue weighted by Gasteiger charge is 2.23. The Morgan fingerprint density at radius 1 is 1.06 bits per heavy atom. The van der Waals surface area contributed by atoms with Gasteiger partial charge in [0.1, 0.15) is 28.3 Å². The Bertz CT molecular complexity index is 1260. The van der Waals surface area contributed by atoms with E-state index in [4.69, 9.17) is 14.2 Å². The highest BCUT2D eigenvalue weighted by atomic mass is 32.2. The largest absolute Gasteiger partial charge is 0.494 e. The number of benzene rings is 1. The van der Waals surface area contributed by atoms with Gasteiger partial charge < -0.3 is 14.2 Å². The number of ether oxygens (including phenoxy) is 3. The Kier molecular flexibility index (Phi) is 7.89. The molecular weight excluding hydrogens is 484 g/mol. The molecule has 0 saturated heterocycles. The minimum absolute atomic E-state index is 0.150. The van der Waals surface area contributed by atoms with Crippen LogP contribution in [0.2, 0.25) is 0 Å². The van der Waals surface area contributed by atoms with Gasteiger partial charge in [0.05, 0.1) is 19.9 Å². The van der Waals surface area contributed by atoms with Gasteiger partial charge in [-0.15, -0.1) is 21.5 Å². The van der Waals surface area contributed by atoms with E-state index in [0.717, 1.165) is 21.8 Å². The van der Waals surface area contributed by atoms with E-state index in [1.165, 1.54) is 16.8 Å². The number of nitrogens with zero attached hydrogens (tertiary/aromatic N) is 5. The van der Waals surface area contributed by atoms with Crippen LogP contribution in [0.5, 0.6) is 11.5 Å². The van der Waals surface area contributed by atoms with Crippen molar-refractivity contribution in [2.75, 3.05) is 31.8 Å². The third kappa shape index (κ3) is 5.26. The van der Waals surface area contributed by atoms with Crippen LogP contribution in [-0.4, -0.2) is 51.8 Å². The fourth-order valence-corrected chi connectivity index (χ4v) is 5.43. The summed E-state index contributed by atoms with van der Waals surface area (Å²) in [5.74, 6) is 3.02. The van der Waals surface area contributed by atoms with Crippen LogP contribution in [0.1, 0.15) is 27.2 Å². The monoisotopic (exact) mass is 512 g/mol. The number of nitrogens with one attached hydrogen (secondary N) is 1. The summed E-state index contributed by atoms with van der Waals surface area (Å²) in [5.41, 5.74) is 3.57. The van der Waals surface area contributed by atoms with Crippen LogP contribution in [0, 0.1) is 20.8 Å². The molecular formula is C24H28N6O3S2. The molecule has 0 aliphatic carbocycles. The second-order valence-electron chi connectivity index (χ2n) is 7.78. The van der Waals surface area contributed by atoms with Crippen LogP contribution < -0.4 is 14.2 Å². The van der Waals surface area contributed by atoms with Gasteiger partial charge in [0, 0.05) is 35.7 Å². The molecule has 3 heterocycles. The van der Waals surface area contributed by atoms with Crippen LogP contribution >= 0.6 is 23.3 Å². The summed E-state index contributed by atoms with van der Waals surface area (Å²) in [4.78, 5) is 10.2. The molecule has 0 bridgehead atoms. The summed E-state index contributed by atoms with van der Waals surface area (Å²) in [5, 5.41) is 9.90. The zero-order valence-corrected chi connectivity index (χ0v) is 22.2. The van der Waals surface area contributed by atoms with Crippen molar-refractivity contribution in [1.29, 1.82) is 0 Å². The van der Waals surface area contributed by atoms with E-state index >= 15 is 0 Å². The molecule has 1 atom stereocenters. The normalized spacial score (nSPS) is 11.9. The quantitative estimate of drug-likeness (QED) is 0.288. The number of rotatable bonds is 10. The third-order valence-corrected chi connectivity index (χ3v) is 7.39. The van der Waals surface area contributed by atoms with E-state index < -0.39 is 0 Å².